The number of benzene rings is 1. The highest BCUT2D eigenvalue weighted by Crippen LogP contribution is 2.29. The first-order chi connectivity index (χ1) is 6.18. The largest absolute Gasteiger partial charge is 0.398 e. The molecule has 0 unspecified atom stereocenters. The van der Waals surface area contributed by atoms with Gasteiger partial charge in [0.1, 0.15) is 5.15 Å². The molecule has 0 saturated carbocycles. The Morgan fingerprint density at radius 2 is 2.08 bits per heavy atom. The molecule has 0 bridgehead atoms. The zero-order chi connectivity index (χ0) is 9.42. The number of pyridine rings is 1. The molecule has 1 aromatic carbocycles. The van der Waals surface area contributed by atoms with Crippen LogP contribution in [0.2, 0.25) is 5.15 Å². The smallest absolute Gasteiger partial charge is 0.129 e. The Labute approximate surface area is 88.8 Å². The van der Waals surface area contributed by atoms with Crippen molar-refractivity contribution >= 4 is 44.0 Å². The third-order valence-corrected chi connectivity index (χ3v) is 2.75. The molecule has 0 saturated heterocycles. The van der Waals surface area contributed by atoms with E-state index in [2.05, 4.69) is 20.9 Å². The Hall–Kier alpha value is -0.800. The minimum absolute atomic E-state index is 0.456. The Morgan fingerprint density at radius 1 is 1.31 bits per heavy atom. The number of aromatic nitrogens is 1. The molecule has 2 nitrogen and oxygen atoms in total. The molecule has 2 rings (SSSR count). The van der Waals surface area contributed by atoms with Crippen molar-refractivity contribution in [3.05, 3.63) is 34.0 Å². The third kappa shape index (κ3) is 1.49. The molecule has 4 heteroatoms. The lowest BCUT2D eigenvalue weighted by Gasteiger charge is -2.03. The summed E-state index contributed by atoms with van der Waals surface area (Å²) in [6.45, 7) is 0. The summed E-state index contributed by atoms with van der Waals surface area (Å²) >= 11 is 9.18. The maximum Gasteiger partial charge on any atom is 0.129 e. The second kappa shape index (κ2) is 3.16. The summed E-state index contributed by atoms with van der Waals surface area (Å²) in [7, 11) is 0. The molecule has 2 aromatic rings. The summed E-state index contributed by atoms with van der Waals surface area (Å²) in [5.41, 5.74) is 6.50. The Morgan fingerprint density at radius 3 is 2.85 bits per heavy atom. The maximum absolute atomic E-state index is 5.79. The lowest BCUT2D eigenvalue weighted by Crippen LogP contribution is -1.88. The second-order valence-electron chi connectivity index (χ2n) is 2.69. The quantitative estimate of drug-likeness (QED) is 0.581. The molecule has 66 valence electrons. The molecule has 0 atom stereocenters. The van der Waals surface area contributed by atoms with Gasteiger partial charge in [0.05, 0.1) is 0 Å². The predicted molar refractivity (Wildman–Crippen MR) is 58.9 cm³/mol. The van der Waals surface area contributed by atoms with Crippen molar-refractivity contribution in [3.8, 4) is 0 Å². The third-order valence-electron chi connectivity index (χ3n) is 1.85. The summed E-state index contributed by atoms with van der Waals surface area (Å²) in [5.74, 6) is 0. The van der Waals surface area contributed by atoms with Gasteiger partial charge in [0.15, 0.2) is 0 Å². The number of nitrogen functional groups attached to an aromatic ring is 1. The summed E-state index contributed by atoms with van der Waals surface area (Å²) in [6.07, 6.45) is 1.71. The molecule has 0 aliphatic heterocycles. The SMILES string of the molecule is Nc1ccc(Br)c2cnc(Cl)cc12. The molecule has 1 aromatic heterocycles. The highest BCUT2D eigenvalue weighted by Gasteiger charge is 2.02. The van der Waals surface area contributed by atoms with Gasteiger partial charge in [-0.15, -0.1) is 0 Å². The van der Waals surface area contributed by atoms with Crippen molar-refractivity contribution in [3.63, 3.8) is 0 Å². The van der Waals surface area contributed by atoms with Crippen LogP contribution in [-0.4, -0.2) is 4.98 Å². The first-order valence-corrected chi connectivity index (χ1v) is 4.85. The number of nitrogens with zero attached hydrogens (tertiary/aromatic N) is 1. The number of hydrogen-bond acceptors (Lipinski definition) is 2. The van der Waals surface area contributed by atoms with Crippen LogP contribution in [0.25, 0.3) is 10.8 Å². The predicted octanol–water partition coefficient (Wildman–Crippen LogP) is 3.23. The van der Waals surface area contributed by atoms with Crippen LogP contribution in [0.4, 0.5) is 5.69 Å². The zero-order valence-corrected chi connectivity index (χ0v) is 8.93. The Bertz CT molecular complexity index is 470. The van der Waals surface area contributed by atoms with Crippen LogP contribution in [0.3, 0.4) is 0 Å². The maximum atomic E-state index is 5.79. The van der Waals surface area contributed by atoms with Gasteiger partial charge in [0.2, 0.25) is 0 Å². The van der Waals surface area contributed by atoms with E-state index in [1.165, 1.54) is 0 Å². The number of nitrogens with two attached hydrogens (primary N) is 1. The van der Waals surface area contributed by atoms with Crippen molar-refractivity contribution in [1.82, 2.24) is 4.98 Å². The van der Waals surface area contributed by atoms with Crippen molar-refractivity contribution in [1.29, 1.82) is 0 Å². The van der Waals surface area contributed by atoms with Crippen LogP contribution >= 0.6 is 27.5 Å². The van der Waals surface area contributed by atoms with Crippen molar-refractivity contribution in [2.75, 3.05) is 5.73 Å². The number of hydrogen-bond donors (Lipinski definition) is 1. The molecule has 0 radical (unpaired) electrons. The van der Waals surface area contributed by atoms with Gasteiger partial charge in [-0.3, -0.25) is 0 Å². The molecular formula is C9H6BrClN2. The van der Waals surface area contributed by atoms with Gasteiger partial charge in [-0.05, 0) is 18.2 Å². The van der Waals surface area contributed by atoms with Gasteiger partial charge >= 0.3 is 0 Å². The van der Waals surface area contributed by atoms with Gasteiger partial charge in [-0.2, -0.15) is 0 Å². The average molecular weight is 258 g/mol. The molecule has 0 fully saturated rings. The number of halogens is 2. The van der Waals surface area contributed by atoms with Gasteiger partial charge in [0, 0.05) is 27.1 Å². The first-order valence-electron chi connectivity index (χ1n) is 3.68. The highest BCUT2D eigenvalue weighted by molar-refractivity contribution is 9.10. The van der Waals surface area contributed by atoms with E-state index in [0.29, 0.717) is 10.8 Å². The van der Waals surface area contributed by atoms with E-state index in [9.17, 15) is 0 Å². The molecule has 0 aliphatic rings. The van der Waals surface area contributed by atoms with Crippen molar-refractivity contribution < 1.29 is 0 Å². The fraction of sp³-hybridized carbons (Fsp3) is 0. The number of rotatable bonds is 0. The Kier molecular flexibility index (Phi) is 2.14. The zero-order valence-electron chi connectivity index (χ0n) is 6.59. The summed E-state index contributed by atoms with van der Waals surface area (Å²) in [5, 5.41) is 2.36. The van der Waals surface area contributed by atoms with Gasteiger partial charge in [0.25, 0.3) is 0 Å². The first kappa shape index (κ1) is 8.78. The van der Waals surface area contributed by atoms with E-state index < -0.39 is 0 Å². The van der Waals surface area contributed by atoms with Crippen LogP contribution in [0.5, 0.6) is 0 Å². The normalized spacial score (nSPS) is 10.6. The summed E-state index contributed by atoms with van der Waals surface area (Å²) < 4.78 is 0.973. The van der Waals surface area contributed by atoms with Crippen LogP contribution in [0.1, 0.15) is 0 Å². The standard InChI is InChI=1S/C9H6BrClN2/c10-7-1-2-8(12)5-3-9(11)13-4-6(5)7/h1-4H,12H2. The molecular weight excluding hydrogens is 251 g/mol. The van der Waals surface area contributed by atoms with E-state index in [4.69, 9.17) is 17.3 Å². The monoisotopic (exact) mass is 256 g/mol. The van der Waals surface area contributed by atoms with Crippen LogP contribution in [0, 0.1) is 0 Å². The van der Waals surface area contributed by atoms with Crippen molar-refractivity contribution in [2.45, 2.75) is 0 Å². The van der Waals surface area contributed by atoms with Gasteiger partial charge in [-0.1, -0.05) is 27.5 Å². The topological polar surface area (TPSA) is 38.9 Å². The Balaban J connectivity index is 2.92. The average Bonchev–Trinajstić information content (AvgIpc) is 2.12. The second-order valence-corrected chi connectivity index (χ2v) is 3.93. The molecule has 0 amide bonds. The van der Waals surface area contributed by atoms with E-state index in [1.54, 1.807) is 12.3 Å². The number of anilines is 1. The fourth-order valence-corrected chi connectivity index (χ4v) is 1.81. The molecule has 13 heavy (non-hydrogen) atoms. The highest BCUT2D eigenvalue weighted by atomic mass is 79.9. The molecule has 0 spiro atoms. The van der Waals surface area contributed by atoms with Crippen LogP contribution in [0.15, 0.2) is 28.9 Å². The van der Waals surface area contributed by atoms with Crippen LogP contribution in [-0.2, 0) is 0 Å². The van der Waals surface area contributed by atoms with Gasteiger partial charge < -0.3 is 5.73 Å². The van der Waals surface area contributed by atoms with E-state index >= 15 is 0 Å². The van der Waals surface area contributed by atoms with E-state index in [0.717, 1.165) is 15.2 Å². The number of fused-ring (bicyclic) bond motifs is 1. The lowest BCUT2D eigenvalue weighted by atomic mass is 10.1. The van der Waals surface area contributed by atoms with Gasteiger partial charge in [-0.25, -0.2) is 4.98 Å². The van der Waals surface area contributed by atoms with E-state index in [1.807, 2.05) is 12.1 Å². The minimum Gasteiger partial charge on any atom is -0.398 e. The van der Waals surface area contributed by atoms with E-state index in [-0.39, 0.29) is 0 Å². The van der Waals surface area contributed by atoms with Crippen molar-refractivity contribution in [2.24, 2.45) is 0 Å². The molecule has 1 heterocycles. The molecule has 2 N–H and O–H groups in total. The minimum atomic E-state index is 0.456. The van der Waals surface area contributed by atoms with Crippen LogP contribution < -0.4 is 5.73 Å². The summed E-state index contributed by atoms with van der Waals surface area (Å²) in [4.78, 5) is 3.99. The summed E-state index contributed by atoms with van der Waals surface area (Å²) in [6, 6.07) is 5.49. The molecule has 0 aliphatic carbocycles. The fourth-order valence-electron chi connectivity index (χ4n) is 1.20. The lowest BCUT2D eigenvalue weighted by molar-refractivity contribution is 1.36.